The molecule has 2 atom stereocenters. The molecule has 1 fully saturated rings. The Hall–Kier alpha value is -0.950. The minimum absolute atomic E-state index is 0.0313. The summed E-state index contributed by atoms with van der Waals surface area (Å²) in [7, 11) is 1.64. The Morgan fingerprint density at radius 3 is 3.14 bits per heavy atom. The number of thiophene rings is 1. The molecule has 1 aromatic rings. The van der Waals surface area contributed by atoms with Gasteiger partial charge >= 0.3 is 0 Å². The minimum atomic E-state index is 0.0313. The molecule has 0 aliphatic carbocycles. The second kappa shape index (κ2) is 9.25. The average molecular weight is 326 g/mol. The number of nitrogens with one attached hydrogen (secondary N) is 1. The molecule has 6 heteroatoms. The van der Waals surface area contributed by atoms with Crippen LogP contribution in [0.4, 0.5) is 0 Å². The van der Waals surface area contributed by atoms with Gasteiger partial charge in [-0.05, 0) is 31.2 Å². The predicted octanol–water partition coefficient (Wildman–Crippen LogP) is 1.88. The first-order valence-electron chi connectivity index (χ1n) is 7.82. The highest BCUT2D eigenvalue weighted by atomic mass is 32.1. The Balaban J connectivity index is 1.86. The largest absolute Gasteiger partial charge is 0.383 e. The lowest BCUT2D eigenvalue weighted by Gasteiger charge is -2.25. The van der Waals surface area contributed by atoms with Crippen LogP contribution in [0.25, 0.3) is 0 Å². The third-order valence-electron chi connectivity index (χ3n) is 3.64. The monoisotopic (exact) mass is 326 g/mol. The van der Waals surface area contributed by atoms with Crippen LogP contribution < -0.4 is 5.32 Å². The van der Waals surface area contributed by atoms with Gasteiger partial charge in [0.05, 0.1) is 19.3 Å². The van der Waals surface area contributed by atoms with E-state index >= 15 is 0 Å². The molecule has 0 spiro atoms. The van der Waals surface area contributed by atoms with Gasteiger partial charge in [-0.15, -0.1) is 11.3 Å². The van der Waals surface area contributed by atoms with Crippen molar-refractivity contribution < 1.29 is 14.3 Å². The Morgan fingerprint density at radius 1 is 1.64 bits per heavy atom. The summed E-state index contributed by atoms with van der Waals surface area (Å²) in [6.45, 7) is 5.32. The number of hydrogen-bond acceptors (Lipinski definition) is 5. The SMILES string of the molecule is COCC(C)NC(=O)CN(Cc1cccs1)CC1CCCO1. The van der Waals surface area contributed by atoms with E-state index in [0.717, 1.165) is 32.5 Å². The molecule has 1 aliphatic rings. The van der Waals surface area contributed by atoms with Crippen LogP contribution in [0.15, 0.2) is 17.5 Å². The summed E-state index contributed by atoms with van der Waals surface area (Å²) in [6.07, 6.45) is 2.46. The van der Waals surface area contributed by atoms with Gasteiger partial charge in [0.2, 0.25) is 5.91 Å². The van der Waals surface area contributed by atoms with Gasteiger partial charge in [-0.1, -0.05) is 6.07 Å². The summed E-state index contributed by atoms with van der Waals surface area (Å²) >= 11 is 1.72. The maximum atomic E-state index is 12.2. The number of amides is 1. The van der Waals surface area contributed by atoms with Crippen LogP contribution in [0.1, 0.15) is 24.6 Å². The topological polar surface area (TPSA) is 50.8 Å². The predicted molar refractivity (Wildman–Crippen MR) is 88.1 cm³/mol. The van der Waals surface area contributed by atoms with Crippen molar-refractivity contribution in [1.29, 1.82) is 0 Å². The summed E-state index contributed by atoms with van der Waals surface area (Å²) in [4.78, 5) is 15.6. The van der Waals surface area contributed by atoms with Crippen molar-refractivity contribution in [3.8, 4) is 0 Å². The van der Waals surface area contributed by atoms with Gasteiger partial charge in [-0.3, -0.25) is 9.69 Å². The number of carbonyl (C=O) groups is 1. The minimum Gasteiger partial charge on any atom is -0.383 e. The normalized spacial score (nSPS) is 19.5. The van der Waals surface area contributed by atoms with Crippen LogP contribution in [0.2, 0.25) is 0 Å². The second-order valence-electron chi connectivity index (χ2n) is 5.81. The summed E-state index contributed by atoms with van der Waals surface area (Å²) in [5, 5.41) is 5.04. The number of nitrogens with zero attached hydrogens (tertiary/aromatic N) is 1. The molecule has 22 heavy (non-hydrogen) atoms. The molecule has 2 rings (SSSR count). The maximum Gasteiger partial charge on any atom is 0.234 e. The van der Waals surface area contributed by atoms with E-state index in [1.165, 1.54) is 4.88 Å². The van der Waals surface area contributed by atoms with Crippen LogP contribution in [0, 0.1) is 0 Å². The molecule has 1 saturated heterocycles. The number of hydrogen-bond donors (Lipinski definition) is 1. The molecule has 0 aromatic carbocycles. The molecule has 5 nitrogen and oxygen atoms in total. The van der Waals surface area contributed by atoms with E-state index < -0.39 is 0 Å². The Labute approximate surface area is 136 Å². The molecule has 1 aliphatic heterocycles. The van der Waals surface area contributed by atoms with Crippen molar-refractivity contribution >= 4 is 17.2 Å². The van der Waals surface area contributed by atoms with Gasteiger partial charge in [-0.25, -0.2) is 0 Å². The summed E-state index contributed by atoms with van der Waals surface area (Å²) < 4.78 is 10.8. The Bertz CT molecular complexity index is 433. The van der Waals surface area contributed by atoms with Crippen molar-refractivity contribution in [3.63, 3.8) is 0 Å². The van der Waals surface area contributed by atoms with Crippen LogP contribution in [0.3, 0.4) is 0 Å². The highest BCUT2D eigenvalue weighted by molar-refractivity contribution is 7.09. The van der Waals surface area contributed by atoms with Crippen molar-refractivity contribution in [2.45, 2.75) is 38.5 Å². The lowest BCUT2D eigenvalue weighted by molar-refractivity contribution is -0.123. The molecule has 2 heterocycles. The number of methoxy groups -OCH3 is 1. The molecule has 0 radical (unpaired) electrons. The van der Waals surface area contributed by atoms with E-state index in [2.05, 4.69) is 21.7 Å². The molecular formula is C16H26N2O3S. The van der Waals surface area contributed by atoms with Gasteiger partial charge in [-0.2, -0.15) is 0 Å². The molecular weight excluding hydrogens is 300 g/mol. The summed E-state index contributed by atoms with van der Waals surface area (Å²) in [5.74, 6) is 0.0408. The summed E-state index contributed by atoms with van der Waals surface area (Å²) in [6, 6.07) is 4.19. The zero-order valence-electron chi connectivity index (χ0n) is 13.4. The zero-order valence-corrected chi connectivity index (χ0v) is 14.2. The van der Waals surface area contributed by atoms with Crippen molar-refractivity contribution in [3.05, 3.63) is 22.4 Å². The van der Waals surface area contributed by atoms with Gasteiger partial charge in [0.25, 0.3) is 0 Å². The Morgan fingerprint density at radius 2 is 2.50 bits per heavy atom. The van der Waals surface area contributed by atoms with Crippen LogP contribution in [0.5, 0.6) is 0 Å². The molecule has 0 bridgehead atoms. The van der Waals surface area contributed by atoms with E-state index in [-0.39, 0.29) is 18.1 Å². The van der Waals surface area contributed by atoms with E-state index in [0.29, 0.717) is 13.2 Å². The van der Waals surface area contributed by atoms with E-state index in [1.807, 2.05) is 13.0 Å². The lowest BCUT2D eigenvalue weighted by Crippen LogP contribution is -2.44. The van der Waals surface area contributed by atoms with Crippen molar-refractivity contribution in [2.75, 3.05) is 33.4 Å². The maximum absolute atomic E-state index is 12.2. The van der Waals surface area contributed by atoms with Gasteiger partial charge < -0.3 is 14.8 Å². The van der Waals surface area contributed by atoms with Gasteiger partial charge in [0.1, 0.15) is 0 Å². The van der Waals surface area contributed by atoms with Gasteiger partial charge in [0.15, 0.2) is 0 Å². The first-order chi connectivity index (χ1) is 10.7. The zero-order chi connectivity index (χ0) is 15.8. The average Bonchev–Trinajstić information content (AvgIpc) is 3.12. The third-order valence-corrected chi connectivity index (χ3v) is 4.50. The molecule has 2 unspecified atom stereocenters. The first-order valence-corrected chi connectivity index (χ1v) is 8.70. The fraction of sp³-hybridized carbons (Fsp3) is 0.688. The standard InChI is InChI=1S/C16H26N2O3S/c1-13(12-20-2)17-16(19)11-18(9-14-5-3-7-21-14)10-15-6-4-8-22-15/h4,6,8,13-14H,3,5,7,9-12H2,1-2H3,(H,17,19). The second-order valence-corrected chi connectivity index (χ2v) is 6.84. The van der Waals surface area contributed by atoms with Crippen LogP contribution >= 0.6 is 11.3 Å². The van der Waals surface area contributed by atoms with Crippen LogP contribution in [-0.4, -0.2) is 56.4 Å². The van der Waals surface area contributed by atoms with Gasteiger partial charge in [0, 0.05) is 37.7 Å². The quantitative estimate of drug-likeness (QED) is 0.753. The highest BCUT2D eigenvalue weighted by Gasteiger charge is 2.21. The Kier molecular flexibility index (Phi) is 7.32. The van der Waals surface area contributed by atoms with Crippen LogP contribution in [-0.2, 0) is 20.8 Å². The van der Waals surface area contributed by atoms with E-state index in [1.54, 1.807) is 18.4 Å². The number of ether oxygens (including phenoxy) is 2. The molecule has 1 amide bonds. The number of rotatable bonds is 9. The molecule has 1 N–H and O–H groups in total. The van der Waals surface area contributed by atoms with Crippen molar-refractivity contribution in [1.82, 2.24) is 10.2 Å². The highest BCUT2D eigenvalue weighted by Crippen LogP contribution is 2.17. The molecule has 124 valence electrons. The number of carbonyl (C=O) groups excluding carboxylic acids is 1. The first kappa shape index (κ1) is 17.4. The summed E-state index contributed by atoms with van der Waals surface area (Å²) in [5.41, 5.74) is 0. The van der Waals surface area contributed by atoms with E-state index in [9.17, 15) is 4.79 Å². The smallest absolute Gasteiger partial charge is 0.234 e. The fourth-order valence-electron chi connectivity index (χ4n) is 2.70. The lowest BCUT2D eigenvalue weighted by atomic mass is 10.2. The molecule has 0 saturated carbocycles. The van der Waals surface area contributed by atoms with E-state index in [4.69, 9.17) is 9.47 Å². The fourth-order valence-corrected chi connectivity index (χ4v) is 3.45. The molecule has 1 aromatic heterocycles. The third kappa shape index (κ3) is 6.04. The van der Waals surface area contributed by atoms with Crippen molar-refractivity contribution in [2.24, 2.45) is 0 Å².